The number of aliphatic hydroxyl groups is 1. The first-order chi connectivity index (χ1) is 16.5. The molecule has 0 aromatic heterocycles. The minimum Gasteiger partial charge on any atom is -0.461 e. The van der Waals surface area contributed by atoms with Crippen LogP contribution in [-0.2, 0) is 14.3 Å². The van der Waals surface area contributed by atoms with Crippen LogP contribution in [0.15, 0.2) is 0 Å². The van der Waals surface area contributed by atoms with E-state index in [2.05, 4.69) is 25.7 Å². The Morgan fingerprint density at radius 2 is 1.74 bits per heavy atom. The second-order valence-electron chi connectivity index (χ2n) is 13.5. The Labute approximate surface area is 216 Å². The Bertz CT molecular complexity index is 827. The van der Waals surface area contributed by atoms with Crippen molar-refractivity contribution < 1.29 is 19.4 Å². The Morgan fingerprint density at radius 3 is 2.43 bits per heavy atom. The summed E-state index contributed by atoms with van der Waals surface area (Å²) in [6, 6.07) is 0. The number of alkyl halides is 1. The summed E-state index contributed by atoms with van der Waals surface area (Å²) < 4.78 is 6.47. The van der Waals surface area contributed by atoms with Crippen molar-refractivity contribution in [2.45, 2.75) is 103 Å². The third kappa shape index (κ3) is 4.50. The number of rotatable bonds is 4. The number of carbonyl (C=O) groups is 2. The van der Waals surface area contributed by atoms with Crippen LogP contribution in [0.4, 0.5) is 0 Å². The fourth-order valence-electron chi connectivity index (χ4n) is 9.71. The van der Waals surface area contributed by atoms with Gasteiger partial charge in [0.2, 0.25) is 0 Å². The van der Waals surface area contributed by atoms with Gasteiger partial charge in [0.05, 0.1) is 18.0 Å². The zero-order chi connectivity index (χ0) is 25.1. The van der Waals surface area contributed by atoms with Crippen LogP contribution >= 0.6 is 11.6 Å². The van der Waals surface area contributed by atoms with Gasteiger partial charge in [-0.3, -0.25) is 14.5 Å². The average Bonchev–Trinajstić information content (AvgIpc) is 3.13. The maximum absolute atomic E-state index is 13.3. The highest BCUT2D eigenvalue weighted by atomic mass is 35.5. The molecule has 1 saturated heterocycles. The summed E-state index contributed by atoms with van der Waals surface area (Å²) in [5, 5.41) is 10.3. The van der Waals surface area contributed by atoms with Crippen molar-refractivity contribution in [1.82, 2.24) is 4.90 Å². The number of Topliss-reactive ketones (excluding diaryl/α,β-unsaturated/α-hetero) is 1. The molecule has 0 spiro atoms. The number of nitrogens with zero attached hydrogens (tertiary/aromatic N) is 1. The second-order valence-corrected chi connectivity index (χ2v) is 14.1. The summed E-state index contributed by atoms with van der Waals surface area (Å²) in [6.45, 7) is 11.0. The highest BCUT2D eigenvalue weighted by molar-refractivity contribution is 6.21. The van der Waals surface area contributed by atoms with Crippen LogP contribution in [-0.4, -0.2) is 59.0 Å². The fraction of sp³-hybridized carbons (Fsp3) is 0.931. The van der Waals surface area contributed by atoms with Crippen molar-refractivity contribution in [3.05, 3.63) is 0 Å². The van der Waals surface area contributed by atoms with E-state index >= 15 is 0 Å². The van der Waals surface area contributed by atoms with E-state index in [0.717, 1.165) is 76.8 Å². The number of aliphatic hydroxyl groups excluding tert-OH is 1. The van der Waals surface area contributed by atoms with Gasteiger partial charge in [-0.2, -0.15) is 0 Å². The van der Waals surface area contributed by atoms with Crippen molar-refractivity contribution in [3.63, 3.8) is 0 Å². The van der Waals surface area contributed by atoms with Gasteiger partial charge in [0, 0.05) is 11.8 Å². The first kappa shape index (κ1) is 26.0. The van der Waals surface area contributed by atoms with E-state index in [1.54, 1.807) is 6.92 Å². The molecule has 1 aliphatic heterocycles. The fourth-order valence-corrected chi connectivity index (χ4v) is 10.1. The van der Waals surface area contributed by atoms with Crippen LogP contribution in [0.25, 0.3) is 0 Å². The summed E-state index contributed by atoms with van der Waals surface area (Å²) in [4.78, 5) is 28.3. The predicted molar refractivity (Wildman–Crippen MR) is 137 cm³/mol. The number of halogens is 1. The van der Waals surface area contributed by atoms with Gasteiger partial charge in [-0.15, -0.1) is 11.6 Å². The van der Waals surface area contributed by atoms with E-state index in [1.165, 1.54) is 0 Å². The summed E-state index contributed by atoms with van der Waals surface area (Å²) in [6.07, 6.45) is 8.23. The highest BCUT2D eigenvalue weighted by Crippen LogP contribution is 2.68. The molecule has 0 radical (unpaired) electrons. The largest absolute Gasteiger partial charge is 0.461 e. The maximum atomic E-state index is 13.3. The van der Waals surface area contributed by atoms with Crippen LogP contribution in [0.2, 0.25) is 0 Å². The molecule has 1 N–H and O–H groups in total. The molecule has 5 fully saturated rings. The molecule has 6 heteroatoms. The van der Waals surface area contributed by atoms with Crippen molar-refractivity contribution in [2.24, 2.45) is 46.3 Å². The van der Waals surface area contributed by atoms with E-state index < -0.39 is 6.10 Å². The third-order valence-corrected chi connectivity index (χ3v) is 12.0. The first-order valence-electron chi connectivity index (χ1n) is 14.3. The van der Waals surface area contributed by atoms with Crippen LogP contribution in [0.5, 0.6) is 0 Å². The van der Waals surface area contributed by atoms with Gasteiger partial charge in [0.1, 0.15) is 11.9 Å². The molecule has 5 nitrogen and oxygen atoms in total. The predicted octanol–water partition coefficient (Wildman–Crippen LogP) is 5.07. The van der Waals surface area contributed by atoms with Gasteiger partial charge in [-0.1, -0.05) is 20.8 Å². The number of carbonyl (C=O) groups excluding carboxylic acids is 2. The van der Waals surface area contributed by atoms with E-state index in [1.807, 2.05) is 0 Å². The molecule has 198 valence electrons. The summed E-state index contributed by atoms with van der Waals surface area (Å²) in [5.74, 6) is 2.60. The molecule has 35 heavy (non-hydrogen) atoms. The molecule has 4 saturated carbocycles. The Hall–Kier alpha value is -0.650. The molecule has 10 atom stereocenters. The summed E-state index contributed by atoms with van der Waals surface area (Å²) in [7, 11) is 0. The molecule has 0 bridgehead atoms. The lowest BCUT2D eigenvalue weighted by atomic mass is 9.43. The monoisotopic (exact) mass is 507 g/mol. The van der Waals surface area contributed by atoms with E-state index in [9.17, 15) is 14.7 Å². The Morgan fingerprint density at radius 1 is 1.03 bits per heavy atom. The van der Waals surface area contributed by atoms with Crippen molar-refractivity contribution in [2.75, 3.05) is 19.6 Å². The van der Waals surface area contributed by atoms with Gasteiger partial charge >= 0.3 is 5.97 Å². The van der Waals surface area contributed by atoms with Crippen molar-refractivity contribution >= 4 is 23.4 Å². The smallest absolute Gasteiger partial charge is 0.320 e. The number of fused-ring (bicyclic) bond motifs is 5. The normalized spacial score (nSPS) is 48.5. The summed E-state index contributed by atoms with van der Waals surface area (Å²) in [5.41, 5.74) is -0.147. The number of hydrogen-bond donors (Lipinski definition) is 1. The van der Waals surface area contributed by atoms with Crippen molar-refractivity contribution in [3.8, 4) is 0 Å². The van der Waals surface area contributed by atoms with Crippen LogP contribution < -0.4 is 0 Å². The molecular weight excluding hydrogens is 462 g/mol. The molecule has 0 amide bonds. The Kier molecular flexibility index (Phi) is 7.11. The number of ether oxygens (including phenoxy) is 1. The zero-order valence-corrected chi connectivity index (χ0v) is 22.9. The maximum Gasteiger partial charge on any atom is 0.320 e. The van der Waals surface area contributed by atoms with Gasteiger partial charge in [-0.25, -0.2) is 0 Å². The molecule has 0 aromatic rings. The SMILES string of the molecule is CC(=O)[C@H]1CC[C@H]2[C@@H]3CC[C@H]4C[C@H](O)[C@@H](Cl)C[C@]4(C)[C@H]3[C@@H](OC(=O)CN3CCC(C)CC3)C[C@]12C. The standard InChI is InChI=1S/C29H46ClNO4/c1-17-9-11-31(12-10-17)16-26(34)35-25-15-29(4)21(18(2)32)7-8-22(29)20-6-5-19-13-24(33)23(30)14-28(19,3)27(20)25/h17,19-25,27,33H,5-16H2,1-4H3/t19-,20-,21+,22-,23-,24-,25-,27+,28-,29+/m0/s1. The van der Waals surface area contributed by atoms with Gasteiger partial charge < -0.3 is 9.84 Å². The molecular formula is C29H46ClNO4. The van der Waals surface area contributed by atoms with Crippen LogP contribution in [0, 0.1) is 46.3 Å². The van der Waals surface area contributed by atoms with Gasteiger partial charge in [0.25, 0.3) is 0 Å². The lowest BCUT2D eigenvalue weighted by Gasteiger charge is -2.63. The number of likely N-dealkylation sites (tertiary alicyclic amines) is 1. The third-order valence-electron chi connectivity index (χ3n) is 11.6. The topological polar surface area (TPSA) is 66.8 Å². The molecule has 0 aromatic carbocycles. The average molecular weight is 508 g/mol. The van der Waals surface area contributed by atoms with Crippen LogP contribution in [0.1, 0.15) is 85.5 Å². The van der Waals surface area contributed by atoms with E-state index in [4.69, 9.17) is 16.3 Å². The van der Waals surface area contributed by atoms with E-state index in [0.29, 0.717) is 30.1 Å². The lowest BCUT2D eigenvalue weighted by molar-refractivity contribution is -0.199. The lowest BCUT2D eigenvalue weighted by Crippen LogP contribution is -2.61. The molecule has 0 unspecified atom stereocenters. The van der Waals surface area contributed by atoms with Gasteiger partial charge in [-0.05, 0) is 112 Å². The zero-order valence-electron chi connectivity index (χ0n) is 22.2. The second kappa shape index (κ2) is 9.58. The molecule has 5 aliphatic rings. The molecule has 4 aliphatic carbocycles. The number of hydrogen-bond acceptors (Lipinski definition) is 5. The summed E-state index contributed by atoms with van der Waals surface area (Å²) >= 11 is 6.70. The number of piperidine rings is 1. The molecule has 1 heterocycles. The minimum absolute atomic E-state index is 0.0459. The number of esters is 1. The van der Waals surface area contributed by atoms with E-state index in [-0.39, 0.29) is 40.1 Å². The van der Waals surface area contributed by atoms with Crippen LogP contribution in [0.3, 0.4) is 0 Å². The highest BCUT2D eigenvalue weighted by Gasteiger charge is 2.65. The minimum atomic E-state index is -0.448. The Balaban J connectivity index is 1.42. The first-order valence-corrected chi connectivity index (χ1v) is 14.7. The molecule has 5 rings (SSSR count). The van der Waals surface area contributed by atoms with Crippen molar-refractivity contribution in [1.29, 1.82) is 0 Å². The quantitative estimate of drug-likeness (QED) is 0.425. The number of ketones is 1. The van der Waals surface area contributed by atoms with Gasteiger partial charge in [0.15, 0.2) is 0 Å².